The summed E-state index contributed by atoms with van der Waals surface area (Å²) in [5.74, 6) is 0.490. The van der Waals surface area contributed by atoms with E-state index >= 15 is 0 Å². The van der Waals surface area contributed by atoms with Crippen molar-refractivity contribution in [3.8, 4) is 6.07 Å². The highest BCUT2D eigenvalue weighted by atomic mass is 16.2. The van der Waals surface area contributed by atoms with Crippen LogP contribution in [0, 0.1) is 24.2 Å². The van der Waals surface area contributed by atoms with E-state index in [1.807, 2.05) is 43.0 Å². The van der Waals surface area contributed by atoms with E-state index in [0.29, 0.717) is 49.6 Å². The number of rotatable bonds is 4. The fourth-order valence-electron chi connectivity index (χ4n) is 4.30. The first-order valence-electron chi connectivity index (χ1n) is 11.1. The molecule has 2 amide bonds. The number of anilines is 3. The Morgan fingerprint density at radius 1 is 1.27 bits per heavy atom. The Hall–Kier alpha value is -3.93. The van der Waals surface area contributed by atoms with Crippen LogP contribution in [0.2, 0.25) is 0 Å². The van der Waals surface area contributed by atoms with Gasteiger partial charge in [0.25, 0.3) is 0 Å². The second-order valence-electron chi connectivity index (χ2n) is 8.22. The van der Waals surface area contributed by atoms with Gasteiger partial charge in [0.15, 0.2) is 0 Å². The minimum absolute atomic E-state index is 0.0289. The van der Waals surface area contributed by atoms with Gasteiger partial charge in [-0.25, -0.2) is 9.97 Å². The van der Waals surface area contributed by atoms with Crippen molar-refractivity contribution in [2.24, 2.45) is 5.92 Å². The van der Waals surface area contributed by atoms with E-state index in [1.54, 1.807) is 18.0 Å². The Bertz CT molecular complexity index is 1160. The Morgan fingerprint density at radius 2 is 2.00 bits per heavy atom. The maximum atomic E-state index is 12.8. The topological polar surface area (TPSA) is 114 Å². The van der Waals surface area contributed by atoms with Gasteiger partial charge >= 0.3 is 0 Å². The van der Waals surface area contributed by atoms with Crippen LogP contribution in [0.4, 0.5) is 17.3 Å². The van der Waals surface area contributed by atoms with Crippen molar-refractivity contribution in [3.63, 3.8) is 0 Å². The summed E-state index contributed by atoms with van der Waals surface area (Å²) in [6, 6.07) is 10.2. The van der Waals surface area contributed by atoms with E-state index in [-0.39, 0.29) is 23.7 Å². The number of carbonyl (C=O) groups is 2. The van der Waals surface area contributed by atoms with Gasteiger partial charge in [-0.05, 0) is 44.4 Å². The van der Waals surface area contributed by atoms with Crippen LogP contribution in [-0.4, -0.2) is 46.3 Å². The third kappa shape index (κ3) is 4.37. The lowest BCUT2D eigenvalue weighted by molar-refractivity contribution is -0.132. The largest absolute Gasteiger partial charge is 0.343 e. The number of nitrogens with one attached hydrogen (secondary N) is 2. The molecule has 0 saturated carbocycles. The Balaban J connectivity index is 1.58. The molecular weight excluding hydrogens is 418 g/mol. The molecule has 3 heterocycles. The van der Waals surface area contributed by atoms with Crippen LogP contribution >= 0.6 is 0 Å². The number of carbonyl (C=O) groups excluding carboxylic acids is 2. The van der Waals surface area contributed by atoms with Crippen LogP contribution < -0.4 is 15.5 Å². The quantitative estimate of drug-likeness (QED) is 0.695. The summed E-state index contributed by atoms with van der Waals surface area (Å²) in [4.78, 5) is 36.9. The minimum atomic E-state index is -0.204. The van der Waals surface area contributed by atoms with Gasteiger partial charge in [0.2, 0.25) is 17.8 Å². The molecule has 0 unspecified atom stereocenters. The molecule has 0 spiro atoms. The summed E-state index contributed by atoms with van der Waals surface area (Å²) < 4.78 is 0. The number of piperidine rings is 1. The molecule has 2 aliphatic heterocycles. The first-order chi connectivity index (χ1) is 15.9. The third-order valence-corrected chi connectivity index (χ3v) is 6.14. The molecule has 2 aromatic rings. The smallest absolute Gasteiger partial charge is 0.229 e. The monoisotopic (exact) mass is 445 g/mol. The molecule has 0 radical (unpaired) electrons. The summed E-state index contributed by atoms with van der Waals surface area (Å²) in [6.45, 7) is 7.22. The summed E-state index contributed by atoms with van der Waals surface area (Å²) >= 11 is 0. The molecule has 33 heavy (non-hydrogen) atoms. The molecule has 2 aliphatic rings. The zero-order valence-electron chi connectivity index (χ0n) is 19.1. The van der Waals surface area contributed by atoms with E-state index in [0.717, 1.165) is 16.9 Å². The molecule has 2 N–H and O–H groups in total. The van der Waals surface area contributed by atoms with Crippen molar-refractivity contribution in [3.05, 3.63) is 47.5 Å². The maximum Gasteiger partial charge on any atom is 0.229 e. The highest BCUT2D eigenvalue weighted by molar-refractivity contribution is 5.93. The molecule has 0 aliphatic carbocycles. The number of fused-ring (bicyclic) bond motifs is 1. The zero-order chi connectivity index (χ0) is 23.5. The number of nitrogens with zero attached hydrogens (tertiary/aromatic N) is 5. The van der Waals surface area contributed by atoms with E-state index in [1.165, 1.54) is 0 Å². The van der Waals surface area contributed by atoms with Crippen molar-refractivity contribution in [1.82, 2.24) is 14.9 Å². The number of likely N-dealkylation sites (tertiary alicyclic amines) is 1. The van der Waals surface area contributed by atoms with Crippen LogP contribution in [0.15, 0.2) is 36.3 Å². The average Bonchev–Trinajstić information content (AvgIpc) is 3.19. The predicted octanol–water partition coefficient (Wildman–Crippen LogP) is 3.13. The van der Waals surface area contributed by atoms with E-state index in [2.05, 4.69) is 26.7 Å². The average molecular weight is 446 g/mol. The lowest BCUT2D eigenvalue weighted by Gasteiger charge is -2.30. The molecule has 1 aromatic heterocycles. The van der Waals surface area contributed by atoms with Gasteiger partial charge in [0, 0.05) is 38.7 Å². The molecule has 0 atom stereocenters. The number of allylic oxidation sites excluding steroid dienone is 1. The molecular formula is C24H27N7O2. The van der Waals surface area contributed by atoms with E-state index in [9.17, 15) is 14.9 Å². The van der Waals surface area contributed by atoms with Crippen LogP contribution in [-0.2, 0) is 9.59 Å². The molecule has 1 saturated heterocycles. The van der Waals surface area contributed by atoms with Gasteiger partial charge in [-0.2, -0.15) is 5.26 Å². The number of para-hydroxylation sites is 2. The summed E-state index contributed by atoms with van der Waals surface area (Å²) in [5, 5.41) is 16.2. The SMILES string of the molecule is CCN1/C(=C(\C#N)c2nc(NC(=O)C3CCN(C(C)=O)CC3)ncc2C)Nc2ccccc21. The van der Waals surface area contributed by atoms with Gasteiger partial charge in [-0.1, -0.05) is 12.1 Å². The highest BCUT2D eigenvalue weighted by Gasteiger charge is 2.29. The molecule has 1 fully saturated rings. The van der Waals surface area contributed by atoms with Crippen molar-refractivity contribution in [2.75, 3.05) is 35.2 Å². The predicted molar refractivity (Wildman–Crippen MR) is 126 cm³/mol. The number of aromatic nitrogens is 2. The van der Waals surface area contributed by atoms with Crippen LogP contribution in [0.1, 0.15) is 37.9 Å². The number of amides is 2. The fourth-order valence-corrected chi connectivity index (χ4v) is 4.30. The number of benzene rings is 1. The van der Waals surface area contributed by atoms with Crippen LogP contribution in [0.25, 0.3) is 5.57 Å². The first-order valence-corrected chi connectivity index (χ1v) is 11.1. The van der Waals surface area contributed by atoms with Gasteiger partial charge in [-0.15, -0.1) is 0 Å². The number of aryl methyl sites for hydroxylation is 1. The van der Waals surface area contributed by atoms with Gasteiger partial charge in [0.1, 0.15) is 17.5 Å². The second-order valence-corrected chi connectivity index (χ2v) is 8.22. The third-order valence-electron chi connectivity index (χ3n) is 6.14. The standard InChI is InChI=1S/C24H27N7O2/c1-4-31-20-8-6-5-7-19(20)27-22(31)18(13-25)21-15(2)14-26-24(28-21)29-23(33)17-9-11-30(12-10-17)16(3)32/h5-8,14,17,27H,4,9-12H2,1-3H3,(H,26,28,29,33)/b22-18+. The minimum Gasteiger partial charge on any atom is -0.343 e. The van der Waals surface area contributed by atoms with Crippen molar-refractivity contribution in [1.29, 1.82) is 5.26 Å². The van der Waals surface area contributed by atoms with E-state index < -0.39 is 0 Å². The molecule has 0 bridgehead atoms. The van der Waals surface area contributed by atoms with Gasteiger partial charge < -0.3 is 15.1 Å². The van der Waals surface area contributed by atoms with Crippen molar-refractivity contribution < 1.29 is 9.59 Å². The number of nitriles is 1. The number of hydrogen-bond donors (Lipinski definition) is 2. The first kappa shape index (κ1) is 22.3. The Kier molecular flexibility index (Phi) is 6.27. The van der Waals surface area contributed by atoms with Gasteiger partial charge in [-0.3, -0.25) is 14.9 Å². The Labute approximate surface area is 193 Å². The van der Waals surface area contributed by atoms with Crippen molar-refractivity contribution >= 4 is 34.7 Å². The second kappa shape index (κ2) is 9.28. The van der Waals surface area contributed by atoms with Gasteiger partial charge in [0.05, 0.1) is 17.1 Å². The lowest BCUT2D eigenvalue weighted by atomic mass is 9.96. The molecule has 9 heteroatoms. The zero-order valence-corrected chi connectivity index (χ0v) is 19.1. The van der Waals surface area contributed by atoms with Crippen molar-refractivity contribution in [2.45, 2.75) is 33.6 Å². The molecule has 9 nitrogen and oxygen atoms in total. The maximum absolute atomic E-state index is 12.8. The molecule has 170 valence electrons. The summed E-state index contributed by atoms with van der Waals surface area (Å²) in [7, 11) is 0. The summed E-state index contributed by atoms with van der Waals surface area (Å²) in [5.41, 5.74) is 3.53. The lowest BCUT2D eigenvalue weighted by Crippen LogP contribution is -2.40. The highest BCUT2D eigenvalue weighted by Crippen LogP contribution is 2.38. The molecule has 1 aromatic carbocycles. The number of hydrogen-bond acceptors (Lipinski definition) is 7. The van der Waals surface area contributed by atoms with E-state index in [4.69, 9.17) is 0 Å². The molecule has 4 rings (SSSR count). The fraction of sp³-hybridized carbons (Fsp3) is 0.375. The summed E-state index contributed by atoms with van der Waals surface area (Å²) in [6.07, 6.45) is 2.82. The van der Waals surface area contributed by atoms with Crippen LogP contribution in [0.5, 0.6) is 0 Å². The normalized spacial score (nSPS) is 17.2. The van der Waals surface area contributed by atoms with Crippen LogP contribution in [0.3, 0.4) is 0 Å². The Morgan fingerprint density at radius 3 is 2.67 bits per heavy atom.